The molecule has 0 spiro atoms. The van der Waals surface area contributed by atoms with Crippen molar-refractivity contribution in [3.8, 4) is 17.0 Å². The van der Waals surface area contributed by atoms with Crippen molar-refractivity contribution >= 4 is 21.7 Å². The molecule has 3 aromatic rings. The Hall–Kier alpha value is -3.08. The minimum absolute atomic E-state index is 0.0258. The van der Waals surface area contributed by atoms with Gasteiger partial charge in [-0.05, 0) is 75.6 Å². The highest BCUT2D eigenvalue weighted by atomic mass is 32.2. The van der Waals surface area contributed by atoms with Crippen LogP contribution in [-0.4, -0.2) is 57.6 Å². The van der Waals surface area contributed by atoms with E-state index in [2.05, 4.69) is 14.9 Å². The lowest BCUT2D eigenvalue weighted by atomic mass is 10.1. The van der Waals surface area contributed by atoms with Crippen LogP contribution in [-0.2, 0) is 10.0 Å². The Morgan fingerprint density at radius 2 is 1.78 bits per heavy atom. The summed E-state index contributed by atoms with van der Waals surface area (Å²) in [6, 6.07) is 12.6. The fourth-order valence-corrected chi connectivity index (χ4v) is 3.69. The number of primary sulfonamides is 1. The van der Waals surface area contributed by atoms with E-state index >= 15 is 0 Å². The second-order valence-corrected chi connectivity index (χ2v) is 9.00. The molecule has 1 heterocycles. The predicted molar refractivity (Wildman–Crippen MR) is 122 cm³/mol. The van der Waals surface area contributed by atoms with Crippen LogP contribution in [0, 0.1) is 5.82 Å². The summed E-state index contributed by atoms with van der Waals surface area (Å²) in [6.45, 7) is 1.43. The second-order valence-electron chi connectivity index (χ2n) is 7.44. The number of nitrogens with two attached hydrogens (primary N) is 1. The van der Waals surface area contributed by atoms with E-state index in [0.717, 1.165) is 13.0 Å². The molecule has 2 aromatic carbocycles. The fraction of sp³-hybridized carbons (Fsp3) is 0.273. The third-order valence-electron chi connectivity index (χ3n) is 4.80. The zero-order chi connectivity index (χ0) is 23.3. The Labute approximate surface area is 187 Å². The highest BCUT2D eigenvalue weighted by Crippen LogP contribution is 2.28. The SMILES string of the molecule is COc1ccc(-c2ccnc(N(CCCN(C)C)c3ccc(S(N)(=O)=O)cc3)n2)cc1F. The third kappa shape index (κ3) is 5.78. The molecule has 0 bridgehead atoms. The topological polar surface area (TPSA) is 102 Å². The van der Waals surface area contributed by atoms with E-state index in [-0.39, 0.29) is 10.6 Å². The molecule has 170 valence electrons. The summed E-state index contributed by atoms with van der Waals surface area (Å²) in [6.07, 6.45) is 2.42. The Bertz CT molecular complexity index is 1170. The molecule has 0 saturated heterocycles. The van der Waals surface area contributed by atoms with Crippen LogP contribution in [0.2, 0.25) is 0 Å². The van der Waals surface area contributed by atoms with Crippen molar-refractivity contribution in [2.24, 2.45) is 5.14 Å². The molecule has 1 aromatic heterocycles. The summed E-state index contributed by atoms with van der Waals surface area (Å²) in [5, 5.41) is 5.21. The van der Waals surface area contributed by atoms with Crippen molar-refractivity contribution in [1.29, 1.82) is 0 Å². The molecule has 0 saturated carbocycles. The van der Waals surface area contributed by atoms with E-state index in [1.54, 1.807) is 36.5 Å². The van der Waals surface area contributed by atoms with Crippen LogP contribution >= 0.6 is 0 Å². The van der Waals surface area contributed by atoms with Gasteiger partial charge in [0.05, 0.1) is 17.7 Å². The molecule has 32 heavy (non-hydrogen) atoms. The molecule has 0 amide bonds. The van der Waals surface area contributed by atoms with Crippen LogP contribution in [0.15, 0.2) is 59.6 Å². The zero-order valence-corrected chi connectivity index (χ0v) is 19.0. The van der Waals surface area contributed by atoms with Crippen molar-refractivity contribution in [3.05, 3.63) is 60.5 Å². The number of anilines is 2. The quantitative estimate of drug-likeness (QED) is 0.525. The lowest BCUT2D eigenvalue weighted by Crippen LogP contribution is -2.25. The zero-order valence-electron chi connectivity index (χ0n) is 18.2. The van der Waals surface area contributed by atoms with Gasteiger partial charge in [-0.1, -0.05) is 0 Å². The molecule has 0 aliphatic rings. The van der Waals surface area contributed by atoms with Crippen LogP contribution in [0.25, 0.3) is 11.3 Å². The number of halogens is 1. The number of sulfonamides is 1. The van der Waals surface area contributed by atoms with Gasteiger partial charge in [-0.15, -0.1) is 0 Å². The van der Waals surface area contributed by atoms with Gasteiger partial charge in [0.15, 0.2) is 11.6 Å². The Kier molecular flexibility index (Phi) is 7.39. The van der Waals surface area contributed by atoms with E-state index in [1.165, 1.54) is 25.3 Å². The van der Waals surface area contributed by atoms with Gasteiger partial charge in [-0.25, -0.2) is 27.9 Å². The molecular weight excluding hydrogens is 433 g/mol. The Morgan fingerprint density at radius 1 is 1.06 bits per heavy atom. The van der Waals surface area contributed by atoms with Crippen LogP contribution in [0.3, 0.4) is 0 Å². The normalized spacial score (nSPS) is 11.6. The molecule has 10 heteroatoms. The first-order valence-electron chi connectivity index (χ1n) is 9.91. The summed E-state index contributed by atoms with van der Waals surface area (Å²) < 4.78 is 42.4. The van der Waals surface area contributed by atoms with Crippen molar-refractivity contribution in [2.75, 3.05) is 39.2 Å². The predicted octanol–water partition coefficient (Wildman–Crippen LogP) is 3.03. The number of hydrogen-bond donors (Lipinski definition) is 1. The van der Waals surface area contributed by atoms with Gasteiger partial charge in [-0.3, -0.25) is 0 Å². The standard InChI is InChI=1S/C22H26FN5O3S/c1-27(2)13-4-14-28(17-6-8-18(9-7-17)32(24,29)30)22-25-12-11-20(26-22)16-5-10-21(31-3)19(23)15-16/h5-12,15H,4,13-14H2,1-3H3,(H2,24,29,30). The number of hydrogen-bond acceptors (Lipinski definition) is 7. The second kappa shape index (κ2) is 10.0. The summed E-state index contributed by atoms with van der Waals surface area (Å²) in [5.74, 6) is 0.0932. The largest absolute Gasteiger partial charge is 0.494 e. The van der Waals surface area contributed by atoms with Crippen molar-refractivity contribution in [2.45, 2.75) is 11.3 Å². The lowest BCUT2D eigenvalue weighted by molar-refractivity contribution is 0.386. The first-order chi connectivity index (χ1) is 15.2. The summed E-state index contributed by atoms with van der Waals surface area (Å²) in [7, 11) is 1.59. The maximum atomic E-state index is 14.2. The first-order valence-corrected chi connectivity index (χ1v) is 11.5. The number of methoxy groups -OCH3 is 1. The van der Waals surface area contributed by atoms with Crippen molar-refractivity contribution < 1.29 is 17.5 Å². The Morgan fingerprint density at radius 3 is 2.38 bits per heavy atom. The third-order valence-corrected chi connectivity index (χ3v) is 5.73. The Balaban J connectivity index is 1.97. The highest BCUT2D eigenvalue weighted by molar-refractivity contribution is 7.89. The minimum Gasteiger partial charge on any atom is -0.494 e. The smallest absolute Gasteiger partial charge is 0.238 e. The van der Waals surface area contributed by atoms with Crippen LogP contribution in [0.5, 0.6) is 5.75 Å². The first kappa shape index (κ1) is 23.6. The van der Waals surface area contributed by atoms with Crippen LogP contribution in [0.4, 0.5) is 16.0 Å². The van der Waals surface area contributed by atoms with E-state index < -0.39 is 15.8 Å². The molecule has 0 radical (unpaired) electrons. The molecule has 8 nitrogen and oxygen atoms in total. The molecule has 0 atom stereocenters. The van der Waals surface area contributed by atoms with Crippen LogP contribution < -0.4 is 14.8 Å². The molecule has 0 aliphatic heterocycles. The van der Waals surface area contributed by atoms with E-state index in [1.807, 2.05) is 19.0 Å². The monoisotopic (exact) mass is 459 g/mol. The van der Waals surface area contributed by atoms with Gasteiger partial charge in [0.2, 0.25) is 16.0 Å². The van der Waals surface area contributed by atoms with Crippen LogP contribution in [0.1, 0.15) is 6.42 Å². The average Bonchev–Trinajstić information content (AvgIpc) is 2.76. The summed E-state index contributed by atoms with van der Waals surface area (Å²) in [5.41, 5.74) is 1.86. The summed E-state index contributed by atoms with van der Waals surface area (Å²) >= 11 is 0. The maximum absolute atomic E-state index is 14.2. The van der Waals surface area contributed by atoms with Gasteiger partial charge in [0.25, 0.3) is 0 Å². The molecule has 0 aliphatic carbocycles. The highest BCUT2D eigenvalue weighted by Gasteiger charge is 2.16. The molecular formula is C22H26FN5O3S. The van der Waals surface area contributed by atoms with Gasteiger partial charge in [-0.2, -0.15) is 0 Å². The average molecular weight is 460 g/mol. The maximum Gasteiger partial charge on any atom is 0.238 e. The van der Waals surface area contributed by atoms with E-state index in [4.69, 9.17) is 9.88 Å². The number of rotatable bonds is 9. The van der Waals surface area contributed by atoms with Crippen molar-refractivity contribution in [3.63, 3.8) is 0 Å². The molecule has 2 N–H and O–H groups in total. The number of benzene rings is 2. The number of nitrogens with zero attached hydrogens (tertiary/aromatic N) is 4. The fourth-order valence-electron chi connectivity index (χ4n) is 3.17. The lowest BCUT2D eigenvalue weighted by Gasteiger charge is -2.24. The van der Waals surface area contributed by atoms with Gasteiger partial charge < -0.3 is 14.5 Å². The van der Waals surface area contributed by atoms with E-state index in [0.29, 0.717) is 29.4 Å². The van der Waals surface area contributed by atoms with E-state index in [9.17, 15) is 12.8 Å². The van der Waals surface area contributed by atoms with Gasteiger partial charge in [0.1, 0.15) is 0 Å². The summed E-state index contributed by atoms with van der Waals surface area (Å²) in [4.78, 5) is 13.0. The number of aromatic nitrogens is 2. The van der Waals surface area contributed by atoms with Gasteiger partial charge >= 0.3 is 0 Å². The minimum atomic E-state index is -3.79. The molecule has 0 fully saturated rings. The molecule has 0 unspecified atom stereocenters. The van der Waals surface area contributed by atoms with Gasteiger partial charge in [0, 0.05) is 24.0 Å². The van der Waals surface area contributed by atoms with Crippen molar-refractivity contribution in [1.82, 2.24) is 14.9 Å². The number of ether oxygens (including phenoxy) is 1. The molecule has 3 rings (SSSR count).